The summed E-state index contributed by atoms with van der Waals surface area (Å²) in [4.78, 5) is 132. The number of fused-ring (bicyclic) bond motifs is 6. The maximum atomic E-state index is 14.9. The summed E-state index contributed by atoms with van der Waals surface area (Å²) in [5, 5.41) is 7.08. The Morgan fingerprint density at radius 1 is 0.339 bits per heavy atom. The lowest BCUT2D eigenvalue weighted by Gasteiger charge is -2.37. The zero-order chi connectivity index (χ0) is 81.1. The Bertz CT molecular complexity index is 4760. The summed E-state index contributed by atoms with van der Waals surface area (Å²) < 4.78 is 78.4. The van der Waals surface area contributed by atoms with Gasteiger partial charge in [-0.2, -0.15) is 0 Å². The van der Waals surface area contributed by atoms with Crippen LogP contribution in [0.2, 0.25) is 0 Å². The molecular weight excluding hydrogens is 1480 g/mol. The molecule has 0 aliphatic carbocycles. The fraction of sp³-hybridized carbons (Fsp3) is 0.318. The second-order valence-electron chi connectivity index (χ2n) is 30.0. The Kier molecular flexibility index (Phi) is 24.4. The zero-order valence-electron chi connectivity index (χ0n) is 64.2. The SMILES string of the molecule is C.CC(=O)NC(=O)C(C)(C)C1c2ccc(-c3ccc(C(=O)N4CCOCC4)cc3)nc2Oc2c(F)cccc21.CC(=O)NC(=O)C(C)(C)C1c2ccc(-c3ccc(C(=O)N4CCOCC4)cc3)nc2Oc2c(F)cccc21.CC(=O)NC(=O)C(C)(C)C1c2ccc(-c3ccc(C(=O)N4CCOCC4)cc3)nc2Oc2c(F)cccc21. The maximum absolute atomic E-state index is 14.9. The number of aromatic nitrogens is 3. The van der Waals surface area contributed by atoms with Gasteiger partial charge in [-0.15, -0.1) is 0 Å². The number of ether oxygens (including phenoxy) is 6. The predicted octanol–water partition coefficient (Wildman–Crippen LogP) is 13.5. The van der Waals surface area contributed by atoms with Crippen LogP contribution in [0.3, 0.4) is 0 Å². The number of carbonyl (C=O) groups is 9. The topological polar surface area (TPSA) is 293 Å². The zero-order valence-corrected chi connectivity index (χ0v) is 64.2. The molecule has 9 aromatic rings. The minimum absolute atomic E-state index is 0. The highest BCUT2D eigenvalue weighted by Crippen LogP contribution is 2.56. The molecule has 0 radical (unpaired) electrons. The van der Waals surface area contributed by atoms with Gasteiger partial charge in [0.2, 0.25) is 53.1 Å². The Morgan fingerprint density at radius 2 is 0.574 bits per heavy atom. The number of halogens is 3. The van der Waals surface area contributed by atoms with Gasteiger partial charge in [0.1, 0.15) is 0 Å². The van der Waals surface area contributed by atoms with Crippen molar-refractivity contribution in [2.24, 2.45) is 16.2 Å². The van der Waals surface area contributed by atoms with Crippen LogP contribution in [0.1, 0.15) is 152 Å². The van der Waals surface area contributed by atoms with Crippen LogP contribution in [0.15, 0.2) is 164 Å². The predicted molar refractivity (Wildman–Crippen MR) is 419 cm³/mol. The molecule has 6 aromatic carbocycles. The van der Waals surface area contributed by atoms with E-state index in [1.807, 2.05) is 54.6 Å². The van der Waals surface area contributed by atoms with Gasteiger partial charge >= 0.3 is 0 Å². The van der Waals surface area contributed by atoms with E-state index in [1.54, 1.807) is 147 Å². The van der Waals surface area contributed by atoms with E-state index in [1.165, 1.54) is 39.0 Å². The number of amides is 9. The number of para-hydroxylation sites is 3. The molecular formula is C88H88F3N9O15. The third-order valence-corrected chi connectivity index (χ3v) is 21.1. The van der Waals surface area contributed by atoms with Crippen molar-refractivity contribution in [3.63, 3.8) is 0 Å². The monoisotopic (exact) mass is 1570 g/mol. The number of carbonyl (C=O) groups excluding carboxylic acids is 9. The molecule has 596 valence electrons. The van der Waals surface area contributed by atoms with Crippen LogP contribution in [-0.4, -0.2) is 162 Å². The molecule has 24 nitrogen and oxygen atoms in total. The molecule has 6 aliphatic rings. The molecule has 9 amide bonds. The molecule has 9 heterocycles. The fourth-order valence-corrected chi connectivity index (χ4v) is 15.0. The molecule has 15 rings (SSSR count). The molecule has 3 atom stereocenters. The summed E-state index contributed by atoms with van der Waals surface area (Å²) in [6.45, 7) is 20.6. The van der Waals surface area contributed by atoms with Crippen LogP contribution in [0.25, 0.3) is 33.8 Å². The first kappa shape index (κ1) is 82.1. The van der Waals surface area contributed by atoms with Crippen LogP contribution < -0.4 is 30.2 Å². The van der Waals surface area contributed by atoms with Gasteiger partial charge in [-0.1, -0.05) is 140 Å². The average molecular weight is 1570 g/mol. The molecule has 3 fully saturated rings. The van der Waals surface area contributed by atoms with Crippen molar-refractivity contribution < 1.29 is 84.7 Å². The molecule has 0 spiro atoms. The Balaban J connectivity index is 0.000000159. The number of hydrogen-bond acceptors (Lipinski definition) is 18. The molecule has 0 saturated carbocycles. The number of benzene rings is 6. The van der Waals surface area contributed by atoms with E-state index in [9.17, 15) is 56.3 Å². The Morgan fingerprint density at radius 3 is 0.800 bits per heavy atom. The summed E-state index contributed by atoms with van der Waals surface area (Å²) >= 11 is 0. The van der Waals surface area contributed by atoms with Gasteiger partial charge in [0.05, 0.1) is 73.0 Å². The van der Waals surface area contributed by atoms with Crippen molar-refractivity contribution in [3.8, 4) is 68.7 Å². The van der Waals surface area contributed by atoms with Crippen molar-refractivity contribution in [2.75, 3.05) is 78.9 Å². The summed E-state index contributed by atoms with van der Waals surface area (Å²) in [5.41, 5.74) is 5.60. The number of pyridine rings is 3. The summed E-state index contributed by atoms with van der Waals surface area (Å²) in [6.07, 6.45) is 0. The first-order chi connectivity index (χ1) is 54.5. The van der Waals surface area contributed by atoms with Gasteiger partial charge in [0, 0.05) is 145 Å². The van der Waals surface area contributed by atoms with Crippen LogP contribution in [0.4, 0.5) is 13.2 Å². The lowest BCUT2D eigenvalue weighted by Crippen LogP contribution is -2.44. The summed E-state index contributed by atoms with van der Waals surface area (Å²) in [7, 11) is 0. The second kappa shape index (κ2) is 34.2. The summed E-state index contributed by atoms with van der Waals surface area (Å²) in [6, 6.07) is 45.9. The highest BCUT2D eigenvalue weighted by Gasteiger charge is 2.49. The summed E-state index contributed by atoms with van der Waals surface area (Å²) in [5.74, 6) is -6.04. The molecule has 0 bridgehead atoms. The number of rotatable bonds is 12. The average Bonchev–Trinajstić information content (AvgIpc) is 0.746. The van der Waals surface area contributed by atoms with E-state index in [-0.39, 0.29) is 60.0 Å². The van der Waals surface area contributed by atoms with E-state index in [2.05, 4.69) is 30.9 Å². The molecule has 3 aromatic heterocycles. The molecule has 27 heteroatoms. The van der Waals surface area contributed by atoms with Crippen molar-refractivity contribution in [3.05, 3.63) is 231 Å². The Labute approximate surface area is 663 Å². The van der Waals surface area contributed by atoms with Crippen LogP contribution >= 0.6 is 0 Å². The van der Waals surface area contributed by atoms with Crippen molar-refractivity contribution >= 4 is 53.2 Å². The molecule has 3 saturated heterocycles. The largest absolute Gasteiger partial charge is 0.435 e. The van der Waals surface area contributed by atoms with Crippen molar-refractivity contribution in [1.82, 2.24) is 45.6 Å². The number of morpholine rings is 3. The Hall–Kier alpha value is -12.3. The molecule has 6 aliphatic heterocycles. The fourth-order valence-electron chi connectivity index (χ4n) is 15.0. The molecule has 115 heavy (non-hydrogen) atoms. The van der Waals surface area contributed by atoms with E-state index in [0.29, 0.717) is 146 Å². The second-order valence-corrected chi connectivity index (χ2v) is 30.0. The number of imide groups is 3. The quantitative estimate of drug-likeness (QED) is 0.102. The van der Waals surface area contributed by atoms with E-state index < -0.39 is 86.9 Å². The maximum Gasteiger partial charge on any atom is 0.254 e. The molecule has 3 unspecified atom stereocenters. The molecule has 3 N–H and O–H groups in total. The normalized spacial score (nSPS) is 16.5. The van der Waals surface area contributed by atoms with E-state index in [0.717, 1.165) is 16.7 Å². The smallest absolute Gasteiger partial charge is 0.254 e. The highest BCUT2D eigenvalue weighted by molar-refractivity contribution is 6.00. The third kappa shape index (κ3) is 17.2. The lowest BCUT2D eigenvalue weighted by atomic mass is 9.69. The minimum Gasteiger partial charge on any atom is -0.435 e. The number of nitrogens with zero attached hydrogens (tertiary/aromatic N) is 6. The van der Waals surface area contributed by atoms with Gasteiger partial charge in [-0.25, -0.2) is 28.1 Å². The lowest BCUT2D eigenvalue weighted by molar-refractivity contribution is -0.137. The van der Waals surface area contributed by atoms with Crippen molar-refractivity contribution in [1.29, 1.82) is 0 Å². The standard InChI is InChI=1S/3C29H28FN3O5.CH4/c3*1-17(34)31-28(36)29(2,3)24-20-5-4-6-22(30)25(20)38-26-21(24)11-12-23(32-26)18-7-9-19(10-8-18)27(35)33-13-15-37-16-14-33;/h3*4-12,24H,13-16H2,1-3H3,(H,31,34,36);1H4. The minimum atomic E-state index is -1.13. The third-order valence-electron chi connectivity index (χ3n) is 21.1. The number of hydrogen-bond donors (Lipinski definition) is 3. The van der Waals surface area contributed by atoms with Gasteiger partial charge in [0.15, 0.2) is 34.7 Å². The van der Waals surface area contributed by atoms with Gasteiger partial charge in [0.25, 0.3) is 17.7 Å². The van der Waals surface area contributed by atoms with Crippen molar-refractivity contribution in [2.45, 2.75) is 87.5 Å². The van der Waals surface area contributed by atoms with Gasteiger partial charge in [-0.05, 0) is 72.8 Å². The van der Waals surface area contributed by atoms with E-state index in [4.69, 9.17) is 28.4 Å². The van der Waals surface area contributed by atoms with Crippen LogP contribution in [-0.2, 0) is 43.0 Å². The highest BCUT2D eigenvalue weighted by atomic mass is 19.1. The van der Waals surface area contributed by atoms with Gasteiger partial charge < -0.3 is 43.1 Å². The first-order valence-corrected chi connectivity index (χ1v) is 37.3. The first-order valence-electron chi connectivity index (χ1n) is 37.3. The van der Waals surface area contributed by atoms with E-state index >= 15 is 0 Å². The number of nitrogens with one attached hydrogen (secondary N) is 3. The van der Waals surface area contributed by atoms with Crippen LogP contribution in [0.5, 0.6) is 34.9 Å². The van der Waals surface area contributed by atoms with Gasteiger partial charge in [-0.3, -0.25) is 59.1 Å². The van der Waals surface area contributed by atoms with Crippen LogP contribution in [0, 0.1) is 33.7 Å².